The van der Waals surface area contributed by atoms with Crippen LogP contribution in [0, 0.1) is 0 Å². The van der Waals surface area contributed by atoms with Crippen LogP contribution >= 0.6 is 24.8 Å². The van der Waals surface area contributed by atoms with Crippen molar-refractivity contribution in [3.8, 4) is 17.2 Å². The lowest BCUT2D eigenvalue weighted by atomic mass is 10.3. The highest BCUT2D eigenvalue weighted by molar-refractivity contribution is 5.85. The van der Waals surface area contributed by atoms with Crippen LogP contribution in [0.4, 0.5) is 5.69 Å². The predicted molar refractivity (Wildman–Crippen MR) is 86.6 cm³/mol. The van der Waals surface area contributed by atoms with Gasteiger partial charge in [-0.25, -0.2) is 0 Å². The number of rotatable bonds is 2. The highest BCUT2D eigenvalue weighted by atomic mass is 35.5. The van der Waals surface area contributed by atoms with Gasteiger partial charge in [-0.3, -0.25) is 0 Å². The SMILES string of the molecule is COc1ccccc1OC.Cl.Cl.Nc1ccccc1O. The molecule has 0 fully saturated rings. The Balaban J connectivity index is 0. The number of halogens is 2. The van der Waals surface area contributed by atoms with Crippen LogP contribution in [0.15, 0.2) is 48.5 Å². The minimum Gasteiger partial charge on any atom is -0.506 e. The largest absolute Gasteiger partial charge is 0.506 e. The Morgan fingerprint density at radius 2 is 1.20 bits per heavy atom. The van der Waals surface area contributed by atoms with Gasteiger partial charge in [0.2, 0.25) is 0 Å². The molecule has 2 aromatic carbocycles. The summed E-state index contributed by atoms with van der Waals surface area (Å²) in [6.45, 7) is 0. The number of para-hydroxylation sites is 4. The predicted octanol–water partition coefficient (Wildman–Crippen LogP) is 3.52. The summed E-state index contributed by atoms with van der Waals surface area (Å²) in [5, 5.41) is 8.79. The minimum absolute atomic E-state index is 0. The molecule has 0 amide bonds. The zero-order chi connectivity index (χ0) is 13.4. The van der Waals surface area contributed by atoms with Crippen LogP contribution in [0.3, 0.4) is 0 Å². The second-order valence-electron chi connectivity index (χ2n) is 3.41. The fraction of sp³-hybridized carbons (Fsp3) is 0.143. The van der Waals surface area contributed by atoms with E-state index in [0.717, 1.165) is 11.5 Å². The number of phenolic OH excluding ortho intramolecular Hbond substituents is 1. The lowest BCUT2D eigenvalue weighted by molar-refractivity contribution is 0.355. The van der Waals surface area contributed by atoms with Gasteiger partial charge in [0.25, 0.3) is 0 Å². The average Bonchev–Trinajstić information content (AvgIpc) is 2.42. The lowest BCUT2D eigenvalue weighted by Crippen LogP contribution is -1.88. The van der Waals surface area contributed by atoms with Crippen LogP contribution < -0.4 is 15.2 Å². The third-order valence-corrected chi connectivity index (χ3v) is 2.23. The molecule has 0 spiro atoms. The fourth-order valence-corrected chi connectivity index (χ4v) is 1.27. The Morgan fingerprint density at radius 3 is 1.50 bits per heavy atom. The van der Waals surface area contributed by atoms with E-state index in [1.54, 1.807) is 38.5 Å². The van der Waals surface area contributed by atoms with Gasteiger partial charge in [0.15, 0.2) is 11.5 Å². The first-order valence-corrected chi connectivity index (χ1v) is 5.39. The summed E-state index contributed by atoms with van der Waals surface area (Å²) in [6, 6.07) is 14.2. The first-order valence-electron chi connectivity index (χ1n) is 5.39. The summed E-state index contributed by atoms with van der Waals surface area (Å²) in [7, 11) is 3.25. The molecule has 112 valence electrons. The van der Waals surface area contributed by atoms with E-state index in [0.29, 0.717) is 5.69 Å². The third kappa shape index (κ3) is 6.41. The highest BCUT2D eigenvalue weighted by Gasteiger charge is 1.97. The summed E-state index contributed by atoms with van der Waals surface area (Å²) in [5.41, 5.74) is 5.69. The number of methoxy groups -OCH3 is 2. The Kier molecular flexibility index (Phi) is 11.4. The molecule has 0 bridgehead atoms. The zero-order valence-electron chi connectivity index (χ0n) is 11.3. The molecule has 20 heavy (non-hydrogen) atoms. The van der Waals surface area contributed by atoms with E-state index < -0.39 is 0 Å². The van der Waals surface area contributed by atoms with Crippen molar-refractivity contribution in [2.45, 2.75) is 0 Å². The second-order valence-corrected chi connectivity index (χ2v) is 3.41. The van der Waals surface area contributed by atoms with Gasteiger partial charge in [-0.2, -0.15) is 0 Å². The van der Waals surface area contributed by atoms with Crippen LogP contribution in [0.5, 0.6) is 17.2 Å². The monoisotopic (exact) mass is 319 g/mol. The van der Waals surface area contributed by atoms with E-state index in [4.69, 9.17) is 20.3 Å². The number of anilines is 1. The maximum Gasteiger partial charge on any atom is 0.160 e. The maximum atomic E-state index is 8.79. The summed E-state index contributed by atoms with van der Waals surface area (Å²) in [4.78, 5) is 0. The van der Waals surface area contributed by atoms with E-state index in [9.17, 15) is 0 Å². The van der Waals surface area contributed by atoms with Crippen LogP contribution in [-0.4, -0.2) is 19.3 Å². The number of hydrogen-bond acceptors (Lipinski definition) is 4. The number of aromatic hydroxyl groups is 1. The molecule has 0 aliphatic carbocycles. The van der Waals surface area contributed by atoms with Crippen LogP contribution in [0.1, 0.15) is 0 Å². The molecular weight excluding hydrogens is 301 g/mol. The van der Waals surface area contributed by atoms with Gasteiger partial charge in [-0.15, -0.1) is 24.8 Å². The number of nitrogens with two attached hydrogens (primary N) is 1. The van der Waals surface area contributed by atoms with Gasteiger partial charge in [0, 0.05) is 0 Å². The topological polar surface area (TPSA) is 64.7 Å². The summed E-state index contributed by atoms with van der Waals surface area (Å²) < 4.78 is 10.0. The van der Waals surface area contributed by atoms with Crippen molar-refractivity contribution < 1.29 is 14.6 Å². The molecule has 0 saturated carbocycles. The van der Waals surface area contributed by atoms with Crippen molar-refractivity contribution in [2.24, 2.45) is 0 Å². The molecule has 2 aromatic rings. The van der Waals surface area contributed by atoms with Crippen LogP contribution in [0.25, 0.3) is 0 Å². The lowest BCUT2D eigenvalue weighted by Gasteiger charge is -2.04. The molecule has 6 heteroatoms. The molecule has 0 aromatic heterocycles. The zero-order valence-corrected chi connectivity index (χ0v) is 12.9. The minimum atomic E-state index is 0. The van der Waals surface area contributed by atoms with Crippen LogP contribution in [0.2, 0.25) is 0 Å². The number of benzene rings is 2. The maximum absolute atomic E-state index is 8.79. The summed E-state index contributed by atoms with van der Waals surface area (Å²) >= 11 is 0. The van der Waals surface area contributed by atoms with Crippen molar-refractivity contribution in [3.05, 3.63) is 48.5 Å². The molecule has 0 unspecified atom stereocenters. The van der Waals surface area contributed by atoms with E-state index in [-0.39, 0.29) is 30.6 Å². The van der Waals surface area contributed by atoms with Gasteiger partial charge in [-0.1, -0.05) is 24.3 Å². The van der Waals surface area contributed by atoms with Gasteiger partial charge < -0.3 is 20.3 Å². The number of phenols is 1. The molecule has 0 saturated heterocycles. The number of nitrogen functional groups attached to an aromatic ring is 1. The van der Waals surface area contributed by atoms with E-state index in [1.807, 2.05) is 24.3 Å². The number of ether oxygens (including phenoxy) is 2. The van der Waals surface area contributed by atoms with Gasteiger partial charge in [0.05, 0.1) is 19.9 Å². The molecule has 3 N–H and O–H groups in total. The molecule has 2 rings (SSSR count). The quantitative estimate of drug-likeness (QED) is 0.656. The molecular formula is C14H19Cl2NO3. The van der Waals surface area contributed by atoms with Crippen molar-refractivity contribution in [3.63, 3.8) is 0 Å². The fourth-order valence-electron chi connectivity index (χ4n) is 1.27. The van der Waals surface area contributed by atoms with Crippen molar-refractivity contribution in [1.82, 2.24) is 0 Å². The van der Waals surface area contributed by atoms with Crippen LogP contribution in [-0.2, 0) is 0 Å². The smallest absolute Gasteiger partial charge is 0.160 e. The Bertz CT molecular complexity index is 451. The van der Waals surface area contributed by atoms with Crippen molar-refractivity contribution >= 4 is 30.5 Å². The van der Waals surface area contributed by atoms with E-state index in [1.165, 1.54) is 0 Å². The first-order chi connectivity index (χ1) is 8.69. The molecule has 0 aliphatic rings. The summed E-state index contributed by atoms with van der Waals surface area (Å²) in [5.74, 6) is 1.68. The Hall–Kier alpha value is -1.78. The van der Waals surface area contributed by atoms with Gasteiger partial charge >= 0.3 is 0 Å². The Morgan fingerprint density at radius 1 is 0.800 bits per heavy atom. The Labute approximate surface area is 131 Å². The summed E-state index contributed by atoms with van der Waals surface area (Å²) in [6.07, 6.45) is 0. The molecule has 0 aliphatic heterocycles. The third-order valence-electron chi connectivity index (χ3n) is 2.23. The van der Waals surface area contributed by atoms with E-state index in [2.05, 4.69) is 0 Å². The highest BCUT2D eigenvalue weighted by Crippen LogP contribution is 2.24. The molecule has 0 radical (unpaired) electrons. The molecule has 0 atom stereocenters. The normalized spacial score (nSPS) is 8.10. The van der Waals surface area contributed by atoms with Crippen molar-refractivity contribution in [2.75, 3.05) is 20.0 Å². The van der Waals surface area contributed by atoms with Crippen molar-refractivity contribution in [1.29, 1.82) is 0 Å². The van der Waals surface area contributed by atoms with Gasteiger partial charge in [-0.05, 0) is 24.3 Å². The molecule has 4 nitrogen and oxygen atoms in total. The van der Waals surface area contributed by atoms with E-state index >= 15 is 0 Å². The standard InChI is InChI=1S/C8H10O2.C6H7NO.2ClH/c1-9-7-5-3-4-6-8(7)10-2;7-5-3-1-2-4-6(5)8;;/h3-6H,1-2H3;1-4,8H,7H2;2*1H. The second kappa shape index (κ2) is 11.1. The first kappa shape index (κ1) is 20.5. The number of hydrogen-bond donors (Lipinski definition) is 2. The molecule has 0 heterocycles. The average molecular weight is 320 g/mol. The van der Waals surface area contributed by atoms with Gasteiger partial charge in [0.1, 0.15) is 5.75 Å².